The third-order valence-corrected chi connectivity index (χ3v) is 3.29. The molecular formula is C11H15N3S. The van der Waals surface area contributed by atoms with Crippen LogP contribution in [0.4, 0.5) is 5.82 Å². The molecule has 0 amide bonds. The molecule has 0 fully saturated rings. The van der Waals surface area contributed by atoms with Gasteiger partial charge in [0.15, 0.2) is 0 Å². The summed E-state index contributed by atoms with van der Waals surface area (Å²) in [6.07, 6.45) is 3.39. The monoisotopic (exact) mass is 221 g/mol. The van der Waals surface area contributed by atoms with Crippen LogP contribution >= 0.6 is 11.3 Å². The first kappa shape index (κ1) is 10.4. The zero-order valence-electron chi connectivity index (χ0n) is 8.79. The lowest BCUT2D eigenvalue weighted by molar-refractivity contribution is 0.779. The Morgan fingerprint density at radius 1 is 1.53 bits per heavy atom. The number of nitrogens with one attached hydrogen (secondary N) is 1. The van der Waals surface area contributed by atoms with Crippen LogP contribution in [0.5, 0.6) is 0 Å². The predicted octanol–water partition coefficient (Wildman–Crippen LogP) is 2.92. The maximum absolute atomic E-state index is 5.46. The van der Waals surface area contributed by atoms with Gasteiger partial charge in [-0.3, -0.25) is 0 Å². The Bertz CT molecular complexity index is 450. The minimum absolute atomic E-state index is 0.792. The summed E-state index contributed by atoms with van der Waals surface area (Å²) in [6.45, 7) is 2.19. The van der Waals surface area contributed by atoms with E-state index in [2.05, 4.69) is 28.8 Å². The first-order valence-corrected chi connectivity index (χ1v) is 6.07. The molecule has 0 saturated carbocycles. The Morgan fingerprint density at radius 3 is 3.13 bits per heavy atom. The first-order valence-electron chi connectivity index (χ1n) is 5.19. The van der Waals surface area contributed by atoms with E-state index in [0.717, 1.165) is 23.3 Å². The van der Waals surface area contributed by atoms with Crippen LogP contribution in [0.25, 0.3) is 10.1 Å². The van der Waals surface area contributed by atoms with E-state index in [4.69, 9.17) is 5.84 Å². The third-order valence-electron chi connectivity index (χ3n) is 2.43. The average molecular weight is 221 g/mol. The van der Waals surface area contributed by atoms with Crippen LogP contribution in [-0.2, 0) is 6.42 Å². The standard InChI is InChI=1S/C11H15N3S/c1-2-3-4-8-7-10-9(5-6-15-10)11(13-8)14-12/h5-7H,2-4,12H2,1H3,(H,13,14). The molecule has 80 valence electrons. The molecule has 4 heteroatoms. The van der Waals surface area contributed by atoms with Gasteiger partial charge in [-0.25, -0.2) is 10.8 Å². The van der Waals surface area contributed by atoms with Crippen LogP contribution in [0.1, 0.15) is 25.5 Å². The lowest BCUT2D eigenvalue weighted by Gasteiger charge is -2.05. The number of hydrazine groups is 1. The number of hydrogen-bond donors (Lipinski definition) is 2. The van der Waals surface area contributed by atoms with E-state index < -0.39 is 0 Å². The van der Waals surface area contributed by atoms with Crippen LogP contribution in [0.15, 0.2) is 17.5 Å². The Morgan fingerprint density at radius 2 is 2.40 bits per heavy atom. The number of hydrogen-bond acceptors (Lipinski definition) is 4. The summed E-state index contributed by atoms with van der Waals surface area (Å²) in [5, 5.41) is 3.18. The summed E-state index contributed by atoms with van der Waals surface area (Å²) in [5.41, 5.74) is 3.79. The van der Waals surface area contributed by atoms with Crippen LogP contribution < -0.4 is 11.3 Å². The largest absolute Gasteiger partial charge is 0.308 e. The van der Waals surface area contributed by atoms with Gasteiger partial charge in [0.05, 0.1) is 0 Å². The predicted molar refractivity (Wildman–Crippen MR) is 66.0 cm³/mol. The van der Waals surface area contributed by atoms with E-state index in [1.807, 2.05) is 6.07 Å². The van der Waals surface area contributed by atoms with Crippen LogP contribution in [0.2, 0.25) is 0 Å². The Kier molecular flexibility index (Phi) is 3.18. The highest BCUT2D eigenvalue weighted by Crippen LogP contribution is 2.27. The molecule has 0 aromatic carbocycles. The number of unbranched alkanes of at least 4 members (excludes halogenated alkanes) is 1. The van der Waals surface area contributed by atoms with E-state index in [1.54, 1.807) is 11.3 Å². The molecule has 0 spiro atoms. The molecule has 0 saturated heterocycles. The second-order valence-electron chi connectivity index (χ2n) is 3.54. The number of rotatable bonds is 4. The minimum Gasteiger partial charge on any atom is -0.308 e. The number of pyridine rings is 1. The molecule has 15 heavy (non-hydrogen) atoms. The number of aryl methyl sites for hydroxylation is 1. The summed E-state index contributed by atoms with van der Waals surface area (Å²) < 4.78 is 1.25. The van der Waals surface area contributed by atoms with Gasteiger partial charge in [-0.2, -0.15) is 0 Å². The van der Waals surface area contributed by atoms with Gasteiger partial charge in [0, 0.05) is 15.8 Å². The van der Waals surface area contributed by atoms with Crippen LogP contribution in [-0.4, -0.2) is 4.98 Å². The van der Waals surface area contributed by atoms with Gasteiger partial charge in [-0.1, -0.05) is 13.3 Å². The molecule has 3 nitrogen and oxygen atoms in total. The number of anilines is 1. The Balaban J connectivity index is 2.40. The van der Waals surface area contributed by atoms with Gasteiger partial charge in [0.2, 0.25) is 0 Å². The van der Waals surface area contributed by atoms with Gasteiger partial charge in [-0.05, 0) is 30.4 Å². The number of aromatic nitrogens is 1. The molecule has 0 aliphatic carbocycles. The Hall–Kier alpha value is -1.13. The quantitative estimate of drug-likeness (QED) is 0.616. The second kappa shape index (κ2) is 4.59. The number of thiophene rings is 1. The smallest absolute Gasteiger partial charge is 0.148 e. The number of nitrogens with zero attached hydrogens (tertiary/aromatic N) is 1. The van der Waals surface area contributed by atoms with Crippen molar-refractivity contribution in [2.24, 2.45) is 5.84 Å². The third kappa shape index (κ3) is 2.11. The minimum atomic E-state index is 0.792. The molecule has 2 aromatic heterocycles. The highest BCUT2D eigenvalue weighted by atomic mass is 32.1. The van der Waals surface area contributed by atoms with E-state index in [9.17, 15) is 0 Å². The van der Waals surface area contributed by atoms with Gasteiger partial charge in [-0.15, -0.1) is 11.3 Å². The lowest BCUT2D eigenvalue weighted by Crippen LogP contribution is -2.09. The summed E-state index contributed by atoms with van der Waals surface area (Å²) in [4.78, 5) is 4.50. The fraction of sp³-hybridized carbons (Fsp3) is 0.364. The van der Waals surface area contributed by atoms with E-state index in [1.165, 1.54) is 17.5 Å². The maximum Gasteiger partial charge on any atom is 0.148 e. The van der Waals surface area contributed by atoms with Crippen molar-refractivity contribution in [3.05, 3.63) is 23.2 Å². The lowest BCUT2D eigenvalue weighted by atomic mass is 10.2. The van der Waals surface area contributed by atoms with Crippen LogP contribution in [0.3, 0.4) is 0 Å². The van der Waals surface area contributed by atoms with Gasteiger partial charge < -0.3 is 5.43 Å². The van der Waals surface area contributed by atoms with Crippen molar-refractivity contribution in [1.82, 2.24) is 4.98 Å². The van der Waals surface area contributed by atoms with Crippen LogP contribution in [0, 0.1) is 0 Å². The average Bonchev–Trinajstić information content (AvgIpc) is 2.73. The molecule has 0 bridgehead atoms. The van der Waals surface area contributed by atoms with Crippen molar-refractivity contribution in [3.8, 4) is 0 Å². The molecule has 0 aliphatic heterocycles. The summed E-state index contributed by atoms with van der Waals surface area (Å²) >= 11 is 1.73. The molecule has 0 atom stereocenters. The molecule has 0 radical (unpaired) electrons. The van der Waals surface area contributed by atoms with Crippen molar-refractivity contribution in [2.75, 3.05) is 5.43 Å². The zero-order valence-corrected chi connectivity index (χ0v) is 9.60. The first-order chi connectivity index (χ1) is 7.35. The summed E-state index contributed by atoms with van der Waals surface area (Å²) in [6, 6.07) is 4.21. The van der Waals surface area contributed by atoms with E-state index >= 15 is 0 Å². The van der Waals surface area contributed by atoms with E-state index in [0.29, 0.717) is 0 Å². The molecule has 0 unspecified atom stereocenters. The van der Waals surface area contributed by atoms with Crippen molar-refractivity contribution in [3.63, 3.8) is 0 Å². The SMILES string of the molecule is CCCCc1cc2sccc2c(NN)n1. The Labute approximate surface area is 93.3 Å². The fourth-order valence-corrected chi connectivity index (χ4v) is 2.46. The number of nitrogen functional groups attached to an aromatic ring is 1. The summed E-state index contributed by atoms with van der Waals surface area (Å²) in [7, 11) is 0. The van der Waals surface area contributed by atoms with Crippen molar-refractivity contribution < 1.29 is 0 Å². The molecule has 0 aliphatic rings. The maximum atomic E-state index is 5.46. The zero-order chi connectivity index (χ0) is 10.7. The van der Waals surface area contributed by atoms with E-state index in [-0.39, 0.29) is 0 Å². The fourth-order valence-electron chi connectivity index (χ4n) is 1.61. The molecule has 2 aromatic rings. The molecule has 3 N–H and O–H groups in total. The summed E-state index contributed by atoms with van der Waals surface area (Å²) in [5.74, 6) is 6.26. The van der Waals surface area contributed by atoms with Crippen molar-refractivity contribution in [1.29, 1.82) is 0 Å². The van der Waals surface area contributed by atoms with Gasteiger partial charge in [0.1, 0.15) is 5.82 Å². The second-order valence-corrected chi connectivity index (χ2v) is 4.49. The van der Waals surface area contributed by atoms with Gasteiger partial charge >= 0.3 is 0 Å². The highest BCUT2D eigenvalue weighted by Gasteiger charge is 2.05. The van der Waals surface area contributed by atoms with Crippen molar-refractivity contribution in [2.45, 2.75) is 26.2 Å². The number of fused-ring (bicyclic) bond motifs is 1. The molecule has 2 heterocycles. The molecule has 2 rings (SSSR count). The number of nitrogens with two attached hydrogens (primary N) is 1. The topological polar surface area (TPSA) is 50.9 Å². The molecular weight excluding hydrogens is 206 g/mol. The normalized spacial score (nSPS) is 10.8. The highest BCUT2D eigenvalue weighted by molar-refractivity contribution is 7.17. The van der Waals surface area contributed by atoms with Crippen molar-refractivity contribution >= 4 is 27.2 Å². The van der Waals surface area contributed by atoms with Gasteiger partial charge in [0.25, 0.3) is 0 Å².